The second-order valence-corrected chi connectivity index (χ2v) is 12.8. The van der Waals surface area contributed by atoms with Gasteiger partial charge in [0.05, 0.1) is 11.1 Å². The van der Waals surface area contributed by atoms with E-state index in [1.807, 2.05) is 11.3 Å². The van der Waals surface area contributed by atoms with Crippen LogP contribution in [0.1, 0.15) is 45.5 Å². The molecule has 4 aromatic carbocycles. The van der Waals surface area contributed by atoms with E-state index in [0.717, 1.165) is 43.3 Å². The maximum absolute atomic E-state index is 6.59. The zero-order valence-corrected chi connectivity index (χ0v) is 24.5. The molecule has 1 aromatic heterocycles. The van der Waals surface area contributed by atoms with Crippen molar-refractivity contribution in [3.63, 3.8) is 0 Å². The number of benzene rings is 4. The van der Waals surface area contributed by atoms with Crippen molar-refractivity contribution >= 4 is 54.9 Å². The second-order valence-electron chi connectivity index (χ2n) is 11.7. The lowest BCUT2D eigenvalue weighted by Crippen LogP contribution is -2.33. The fraction of sp³-hybridized carbons (Fsp3) is 0.250. The highest BCUT2D eigenvalue weighted by molar-refractivity contribution is 7.19. The molecule has 7 rings (SSSR count). The highest BCUT2D eigenvalue weighted by Gasteiger charge is 2.30. The van der Waals surface area contributed by atoms with Crippen molar-refractivity contribution in [3.05, 3.63) is 107 Å². The Balaban J connectivity index is 1.31. The van der Waals surface area contributed by atoms with Gasteiger partial charge in [-0.15, -0.1) is 0 Å². The van der Waals surface area contributed by atoms with Crippen molar-refractivity contribution in [2.75, 3.05) is 11.4 Å². The lowest BCUT2D eigenvalue weighted by Gasteiger charge is -2.30. The number of ether oxygens (including phenoxy) is 1. The van der Waals surface area contributed by atoms with Crippen molar-refractivity contribution in [1.29, 1.82) is 0 Å². The maximum atomic E-state index is 6.59. The molecule has 0 bridgehead atoms. The fourth-order valence-corrected chi connectivity index (χ4v) is 7.79. The summed E-state index contributed by atoms with van der Waals surface area (Å²) < 4.78 is 10.4. The first-order chi connectivity index (χ1) is 19.4. The van der Waals surface area contributed by atoms with Crippen LogP contribution >= 0.6 is 11.3 Å². The van der Waals surface area contributed by atoms with E-state index < -0.39 is 0 Å². The van der Waals surface area contributed by atoms with Crippen LogP contribution in [0.3, 0.4) is 0 Å². The second kappa shape index (κ2) is 9.64. The smallest absolute Gasteiger partial charge is 0.263 e. The van der Waals surface area contributed by atoms with E-state index in [1.165, 1.54) is 47.9 Å². The number of nitrogens with zero attached hydrogens (tertiary/aromatic N) is 2. The molecule has 1 aliphatic heterocycles. The lowest BCUT2D eigenvalue weighted by atomic mass is 9.75. The van der Waals surface area contributed by atoms with Crippen LogP contribution < -0.4 is 14.2 Å². The Morgan fingerprint density at radius 2 is 1.60 bits per heavy atom. The third kappa shape index (κ3) is 4.22. The topological polar surface area (TPSA) is 16.4 Å². The molecule has 0 amide bonds. The summed E-state index contributed by atoms with van der Waals surface area (Å²) in [7, 11) is 0. The van der Waals surface area contributed by atoms with Gasteiger partial charge in [-0.25, -0.2) is 0 Å². The standard InChI is InChI=1S/C36H35N2OS/c1-5-37-30-17-15-27-12-8-10-14-29(27)35(30)39-32(37)20-24-19-25(23-36(3,4)22-24)21-33-38(6-2)34-28-13-9-7-11-26(28)16-18-31(34)40-33/h7-21H,5-6,22-23H2,1-4H3/q+1. The number of anilines is 1. The molecule has 0 atom stereocenters. The summed E-state index contributed by atoms with van der Waals surface area (Å²) in [5.74, 6) is 1.90. The third-order valence-electron chi connectivity index (χ3n) is 8.22. The molecule has 2 heterocycles. The van der Waals surface area contributed by atoms with Gasteiger partial charge in [0.2, 0.25) is 11.4 Å². The van der Waals surface area contributed by atoms with Crippen LogP contribution in [0.25, 0.3) is 37.8 Å². The zero-order valence-electron chi connectivity index (χ0n) is 23.7. The van der Waals surface area contributed by atoms with Gasteiger partial charge in [-0.3, -0.25) is 0 Å². The third-order valence-corrected chi connectivity index (χ3v) is 9.32. The molecule has 0 N–H and O–H groups in total. The van der Waals surface area contributed by atoms with Gasteiger partial charge >= 0.3 is 0 Å². The summed E-state index contributed by atoms with van der Waals surface area (Å²) in [6, 6.07) is 26.2. The average Bonchev–Trinajstić information content (AvgIpc) is 3.49. The van der Waals surface area contributed by atoms with Crippen molar-refractivity contribution in [2.45, 2.75) is 47.1 Å². The van der Waals surface area contributed by atoms with E-state index in [-0.39, 0.29) is 5.41 Å². The van der Waals surface area contributed by atoms with E-state index in [1.54, 1.807) is 0 Å². The number of aromatic nitrogens is 1. The van der Waals surface area contributed by atoms with Gasteiger partial charge in [-0.2, -0.15) is 4.57 Å². The van der Waals surface area contributed by atoms with Crippen LogP contribution in [-0.4, -0.2) is 6.54 Å². The highest BCUT2D eigenvalue weighted by atomic mass is 32.1. The number of thiazole rings is 1. The molecular weight excluding hydrogens is 508 g/mol. The fourth-order valence-electron chi connectivity index (χ4n) is 6.57. The first kappa shape index (κ1) is 25.1. The molecule has 0 unspecified atom stereocenters. The predicted molar refractivity (Wildman–Crippen MR) is 170 cm³/mol. The van der Waals surface area contributed by atoms with Crippen LogP contribution in [0.4, 0.5) is 5.69 Å². The van der Waals surface area contributed by atoms with Crippen molar-refractivity contribution < 1.29 is 9.30 Å². The normalized spacial score (nSPS) is 18.6. The first-order valence-electron chi connectivity index (χ1n) is 14.4. The summed E-state index contributed by atoms with van der Waals surface area (Å²) in [5.41, 5.74) is 5.37. The van der Waals surface area contributed by atoms with Gasteiger partial charge in [-0.1, -0.05) is 85.9 Å². The molecule has 40 heavy (non-hydrogen) atoms. The average molecular weight is 544 g/mol. The number of aryl methyl sites for hydroxylation is 1. The number of fused-ring (bicyclic) bond motifs is 6. The quantitative estimate of drug-likeness (QED) is 0.210. The molecule has 5 aromatic rings. The number of hydrogen-bond acceptors (Lipinski definition) is 3. The Morgan fingerprint density at radius 3 is 2.38 bits per heavy atom. The summed E-state index contributed by atoms with van der Waals surface area (Å²) in [5, 5.41) is 6.32. The molecule has 2 aliphatic rings. The molecule has 200 valence electrons. The Kier molecular flexibility index (Phi) is 6.05. The van der Waals surface area contributed by atoms with Gasteiger partial charge in [0.1, 0.15) is 11.2 Å². The number of allylic oxidation sites excluding steroid dienone is 4. The van der Waals surface area contributed by atoms with Gasteiger partial charge in [0, 0.05) is 24.1 Å². The monoisotopic (exact) mass is 543 g/mol. The Labute approximate surface area is 240 Å². The Morgan fingerprint density at radius 1 is 0.875 bits per heavy atom. The van der Waals surface area contributed by atoms with Crippen LogP contribution in [0.2, 0.25) is 0 Å². The van der Waals surface area contributed by atoms with Crippen molar-refractivity contribution in [3.8, 4) is 5.75 Å². The zero-order chi connectivity index (χ0) is 27.4. The molecule has 0 spiro atoms. The van der Waals surface area contributed by atoms with E-state index >= 15 is 0 Å². The van der Waals surface area contributed by atoms with Crippen LogP contribution in [0.15, 0.2) is 102 Å². The van der Waals surface area contributed by atoms with Gasteiger partial charge in [-0.05, 0) is 72.2 Å². The summed E-state index contributed by atoms with van der Waals surface area (Å²) in [6.07, 6.45) is 9.19. The van der Waals surface area contributed by atoms with Gasteiger partial charge in [0.25, 0.3) is 5.01 Å². The summed E-state index contributed by atoms with van der Waals surface area (Å²) >= 11 is 1.90. The van der Waals surface area contributed by atoms with Crippen LogP contribution in [0, 0.1) is 5.41 Å². The minimum absolute atomic E-state index is 0.169. The molecule has 1 aliphatic carbocycles. The molecular formula is C36H35N2OS+. The molecule has 0 saturated heterocycles. The van der Waals surface area contributed by atoms with Crippen LogP contribution in [-0.2, 0) is 6.54 Å². The molecule has 3 nitrogen and oxygen atoms in total. The van der Waals surface area contributed by atoms with Gasteiger partial charge in [0.15, 0.2) is 5.75 Å². The first-order valence-corrected chi connectivity index (χ1v) is 15.2. The van der Waals surface area contributed by atoms with E-state index in [4.69, 9.17) is 4.74 Å². The van der Waals surface area contributed by atoms with Gasteiger partial charge < -0.3 is 9.64 Å². The number of rotatable bonds is 4. The molecule has 0 radical (unpaired) electrons. The maximum Gasteiger partial charge on any atom is 0.263 e. The minimum atomic E-state index is 0.169. The molecule has 0 fully saturated rings. The largest absolute Gasteiger partial charge is 0.438 e. The van der Waals surface area contributed by atoms with E-state index in [2.05, 4.69) is 128 Å². The lowest BCUT2D eigenvalue weighted by molar-refractivity contribution is -0.664. The Bertz CT molecular complexity index is 1890. The number of hydrogen-bond donors (Lipinski definition) is 0. The highest BCUT2D eigenvalue weighted by Crippen LogP contribution is 2.46. The minimum Gasteiger partial charge on any atom is -0.438 e. The SMILES string of the molecule is CCN1/C(=C/C2=CC(=C/c3sc4ccc5ccccc5c4[n+]3CC)/CC(C)(C)C2)Oc2c1ccc1ccccc21. The summed E-state index contributed by atoms with van der Waals surface area (Å²) in [4.78, 5) is 2.30. The Hall–Kier alpha value is -3.89. The van der Waals surface area contributed by atoms with Crippen molar-refractivity contribution in [1.82, 2.24) is 0 Å². The molecule has 0 saturated carbocycles. The molecule has 4 heteroatoms. The van der Waals surface area contributed by atoms with Crippen molar-refractivity contribution in [2.24, 2.45) is 5.41 Å². The predicted octanol–water partition coefficient (Wildman–Crippen LogP) is 9.41. The van der Waals surface area contributed by atoms with E-state index in [0.29, 0.717) is 0 Å². The summed E-state index contributed by atoms with van der Waals surface area (Å²) in [6.45, 7) is 11.0. The van der Waals surface area contributed by atoms with E-state index in [9.17, 15) is 0 Å². The van der Waals surface area contributed by atoms with Crippen LogP contribution in [0.5, 0.6) is 5.75 Å².